The lowest BCUT2D eigenvalue weighted by atomic mass is 10.1. The molecule has 1 heterocycles. The molecule has 3 aromatic rings. The van der Waals surface area contributed by atoms with E-state index in [-0.39, 0.29) is 16.6 Å². The zero-order valence-electron chi connectivity index (χ0n) is 10.5. The highest BCUT2D eigenvalue weighted by Gasteiger charge is 2.29. The second-order valence-electron chi connectivity index (χ2n) is 4.38. The molecule has 0 spiro atoms. The third kappa shape index (κ3) is 1.81. The lowest BCUT2D eigenvalue weighted by Gasteiger charge is -2.07. The van der Waals surface area contributed by atoms with E-state index in [0.717, 1.165) is 6.07 Å². The van der Waals surface area contributed by atoms with Crippen LogP contribution in [-0.4, -0.2) is 14.8 Å². The highest BCUT2D eigenvalue weighted by Crippen LogP contribution is 2.39. The Bertz CT molecular complexity index is 923. The van der Waals surface area contributed by atoms with Gasteiger partial charge in [-0.3, -0.25) is 20.2 Å². The summed E-state index contributed by atoms with van der Waals surface area (Å²) in [5.41, 5.74) is 5.71. The maximum atomic E-state index is 11.2. The summed E-state index contributed by atoms with van der Waals surface area (Å²) in [5, 5.41) is 22.7. The van der Waals surface area contributed by atoms with Gasteiger partial charge in [-0.05, 0) is 12.1 Å². The van der Waals surface area contributed by atoms with Crippen molar-refractivity contribution in [2.24, 2.45) is 0 Å². The van der Waals surface area contributed by atoms with Crippen molar-refractivity contribution < 1.29 is 9.85 Å². The zero-order chi connectivity index (χ0) is 15.1. The SMILES string of the molecule is Nc1c2ccccc2nc2ccc([N+](=O)[O-])c([N+](=O)[O-])c12. The number of nitro groups is 2. The Hall–Kier alpha value is -3.29. The molecule has 104 valence electrons. The zero-order valence-corrected chi connectivity index (χ0v) is 10.5. The van der Waals surface area contributed by atoms with Crippen LogP contribution in [0.2, 0.25) is 0 Å². The molecule has 0 radical (unpaired) electrons. The van der Waals surface area contributed by atoms with Crippen LogP contribution in [0.1, 0.15) is 0 Å². The lowest BCUT2D eigenvalue weighted by Crippen LogP contribution is -2.01. The molecule has 21 heavy (non-hydrogen) atoms. The molecule has 0 atom stereocenters. The first kappa shape index (κ1) is 12.7. The average Bonchev–Trinajstić information content (AvgIpc) is 2.46. The van der Waals surface area contributed by atoms with Gasteiger partial charge in [0.15, 0.2) is 0 Å². The molecule has 1 aromatic heterocycles. The molecule has 0 bridgehead atoms. The van der Waals surface area contributed by atoms with E-state index in [1.807, 2.05) is 0 Å². The number of nitro benzene ring substituents is 2. The highest BCUT2D eigenvalue weighted by atomic mass is 16.6. The van der Waals surface area contributed by atoms with Crippen LogP contribution in [0.5, 0.6) is 0 Å². The van der Waals surface area contributed by atoms with Crippen LogP contribution >= 0.6 is 0 Å². The van der Waals surface area contributed by atoms with E-state index in [0.29, 0.717) is 10.9 Å². The largest absolute Gasteiger partial charge is 0.397 e. The van der Waals surface area contributed by atoms with Gasteiger partial charge < -0.3 is 5.73 Å². The Balaban J connectivity index is 2.58. The number of hydrogen-bond donors (Lipinski definition) is 1. The second-order valence-corrected chi connectivity index (χ2v) is 4.38. The predicted octanol–water partition coefficient (Wildman–Crippen LogP) is 2.79. The Kier molecular flexibility index (Phi) is 2.65. The third-order valence-corrected chi connectivity index (χ3v) is 3.22. The van der Waals surface area contributed by atoms with Gasteiger partial charge in [-0.2, -0.15) is 0 Å². The minimum atomic E-state index is -0.799. The molecule has 0 unspecified atom stereocenters. The number of aromatic nitrogens is 1. The number of benzene rings is 2. The molecule has 0 amide bonds. The molecule has 0 saturated heterocycles. The maximum Gasteiger partial charge on any atom is 0.357 e. The van der Waals surface area contributed by atoms with E-state index < -0.39 is 21.2 Å². The first-order chi connectivity index (χ1) is 10.0. The van der Waals surface area contributed by atoms with Crippen molar-refractivity contribution in [3.63, 3.8) is 0 Å². The number of nitrogen functional groups attached to an aromatic ring is 1. The number of para-hydroxylation sites is 1. The molecule has 0 fully saturated rings. The van der Waals surface area contributed by atoms with E-state index in [2.05, 4.69) is 4.98 Å². The molecule has 8 nitrogen and oxygen atoms in total. The fraction of sp³-hybridized carbons (Fsp3) is 0. The molecule has 3 rings (SSSR count). The number of pyridine rings is 1. The molecule has 8 heteroatoms. The minimum Gasteiger partial charge on any atom is -0.397 e. The van der Waals surface area contributed by atoms with Crippen molar-refractivity contribution in [1.82, 2.24) is 4.98 Å². The standard InChI is InChI=1S/C13H8N4O4/c14-12-7-3-1-2-4-8(7)15-9-5-6-10(16(18)19)13(11(9)12)17(20)21/h1-6H,(H2,14,15). The van der Waals surface area contributed by atoms with Gasteiger partial charge in [0.2, 0.25) is 0 Å². The first-order valence-corrected chi connectivity index (χ1v) is 5.90. The summed E-state index contributed by atoms with van der Waals surface area (Å²) < 4.78 is 0. The molecule has 2 N–H and O–H groups in total. The number of nitrogens with zero attached hydrogens (tertiary/aromatic N) is 3. The van der Waals surface area contributed by atoms with Gasteiger partial charge in [0.1, 0.15) is 5.39 Å². The van der Waals surface area contributed by atoms with Crippen LogP contribution in [0.15, 0.2) is 36.4 Å². The fourth-order valence-corrected chi connectivity index (χ4v) is 2.32. The van der Waals surface area contributed by atoms with E-state index in [1.54, 1.807) is 24.3 Å². The summed E-state index contributed by atoms with van der Waals surface area (Å²) in [4.78, 5) is 24.9. The summed E-state index contributed by atoms with van der Waals surface area (Å²) in [6, 6.07) is 9.30. The second kappa shape index (κ2) is 4.37. The van der Waals surface area contributed by atoms with Crippen LogP contribution in [0.25, 0.3) is 21.8 Å². The van der Waals surface area contributed by atoms with Gasteiger partial charge in [0.25, 0.3) is 0 Å². The van der Waals surface area contributed by atoms with E-state index in [4.69, 9.17) is 5.73 Å². The van der Waals surface area contributed by atoms with Crippen LogP contribution in [0, 0.1) is 20.2 Å². The highest BCUT2D eigenvalue weighted by molar-refractivity contribution is 6.11. The van der Waals surface area contributed by atoms with Crippen LogP contribution in [0.4, 0.5) is 17.1 Å². The summed E-state index contributed by atoms with van der Waals surface area (Å²) in [6.45, 7) is 0. The number of nitrogens with two attached hydrogens (primary N) is 1. The molecule has 0 aliphatic heterocycles. The smallest absolute Gasteiger partial charge is 0.357 e. The average molecular weight is 284 g/mol. The van der Waals surface area contributed by atoms with Crippen molar-refractivity contribution in [3.8, 4) is 0 Å². The fourth-order valence-electron chi connectivity index (χ4n) is 2.32. The van der Waals surface area contributed by atoms with Crippen molar-refractivity contribution >= 4 is 38.9 Å². The topological polar surface area (TPSA) is 125 Å². The van der Waals surface area contributed by atoms with Crippen molar-refractivity contribution in [1.29, 1.82) is 0 Å². The first-order valence-electron chi connectivity index (χ1n) is 5.90. The van der Waals surface area contributed by atoms with Gasteiger partial charge in [-0.1, -0.05) is 18.2 Å². The Morgan fingerprint density at radius 3 is 2.33 bits per heavy atom. The number of rotatable bonds is 2. The van der Waals surface area contributed by atoms with Crippen molar-refractivity contribution in [2.45, 2.75) is 0 Å². The molecule has 0 aliphatic rings. The molecule has 2 aromatic carbocycles. The molecule has 0 saturated carbocycles. The molecule has 0 aliphatic carbocycles. The van der Waals surface area contributed by atoms with Crippen molar-refractivity contribution in [2.75, 3.05) is 5.73 Å². The van der Waals surface area contributed by atoms with Crippen LogP contribution < -0.4 is 5.73 Å². The lowest BCUT2D eigenvalue weighted by molar-refractivity contribution is -0.421. The van der Waals surface area contributed by atoms with Gasteiger partial charge in [-0.15, -0.1) is 0 Å². The normalized spacial score (nSPS) is 10.9. The van der Waals surface area contributed by atoms with Gasteiger partial charge in [-0.25, -0.2) is 4.98 Å². The van der Waals surface area contributed by atoms with Gasteiger partial charge in [0, 0.05) is 11.5 Å². The monoisotopic (exact) mass is 284 g/mol. The predicted molar refractivity (Wildman–Crippen MR) is 77.0 cm³/mol. The van der Waals surface area contributed by atoms with E-state index >= 15 is 0 Å². The molecular formula is C13H8N4O4. The van der Waals surface area contributed by atoms with Crippen molar-refractivity contribution in [3.05, 3.63) is 56.6 Å². The summed E-state index contributed by atoms with van der Waals surface area (Å²) in [5.74, 6) is 0. The number of fused-ring (bicyclic) bond motifs is 2. The quantitative estimate of drug-likeness (QED) is 0.438. The summed E-state index contributed by atoms with van der Waals surface area (Å²) >= 11 is 0. The number of anilines is 1. The van der Waals surface area contributed by atoms with Gasteiger partial charge in [0.05, 0.1) is 26.6 Å². The Morgan fingerprint density at radius 2 is 1.67 bits per heavy atom. The van der Waals surface area contributed by atoms with Crippen LogP contribution in [0.3, 0.4) is 0 Å². The molecular weight excluding hydrogens is 276 g/mol. The van der Waals surface area contributed by atoms with E-state index in [9.17, 15) is 20.2 Å². The van der Waals surface area contributed by atoms with E-state index in [1.165, 1.54) is 6.07 Å². The van der Waals surface area contributed by atoms with Gasteiger partial charge >= 0.3 is 11.4 Å². The van der Waals surface area contributed by atoms with Crippen LogP contribution in [-0.2, 0) is 0 Å². The maximum absolute atomic E-state index is 11.2. The Morgan fingerprint density at radius 1 is 0.952 bits per heavy atom. The number of hydrogen-bond acceptors (Lipinski definition) is 6. The summed E-state index contributed by atoms with van der Waals surface area (Å²) in [7, 11) is 0. The summed E-state index contributed by atoms with van der Waals surface area (Å²) in [6.07, 6.45) is 0. The Labute approximate surface area is 117 Å². The third-order valence-electron chi connectivity index (χ3n) is 3.22. The minimum absolute atomic E-state index is 0.00657.